The minimum absolute atomic E-state index is 0.0785. The molecular formula is C23H29NO3S. The first-order valence-electron chi connectivity index (χ1n) is 9.98. The molecule has 0 spiro atoms. The molecule has 2 atom stereocenters. The maximum atomic E-state index is 12.5. The van der Waals surface area contributed by atoms with Crippen LogP contribution in [-0.4, -0.2) is 20.1 Å². The molecule has 1 amide bonds. The third kappa shape index (κ3) is 3.30. The van der Waals surface area contributed by atoms with Gasteiger partial charge < -0.3 is 14.8 Å². The SMILES string of the molecule is COc1ccc([C@@H]2CC(=O)Nc3sc4c(c32)CC[C@H](C(C)(C)C)C4)cc1OC. The van der Waals surface area contributed by atoms with Crippen molar-refractivity contribution in [3.63, 3.8) is 0 Å². The molecule has 2 heterocycles. The van der Waals surface area contributed by atoms with Crippen LogP contribution >= 0.6 is 11.3 Å². The number of anilines is 1. The fourth-order valence-corrected chi connectivity index (χ4v) is 6.04. The molecular weight excluding hydrogens is 370 g/mol. The van der Waals surface area contributed by atoms with Gasteiger partial charge in [0.1, 0.15) is 0 Å². The second kappa shape index (κ2) is 7.11. The number of ether oxygens (including phenoxy) is 2. The zero-order valence-corrected chi connectivity index (χ0v) is 18.2. The Kier molecular flexibility index (Phi) is 4.90. The summed E-state index contributed by atoms with van der Waals surface area (Å²) < 4.78 is 10.9. The van der Waals surface area contributed by atoms with Crippen LogP contribution < -0.4 is 14.8 Å². The minimum Gasteiger partial charge on any atom is -0.493 e. The van der Waals surface area contributed by atoms with Crippen LogP contribution in [0, 0.1) is 11.3 Å². The zero-order valence-electron chi connectivity index (χ0n) is 17.3. The van der Waals surface area contributed by atoms with Crippen LogP contribution in [0.5, 0.6) is 11.5 Å². The van der Waals surface area contributed by atoms with Gasteiger partial charge in [-0.15, -0.1) is 11.3 Å². The Balaban J connectivity index is 1.76. The Bertz CT molecular complexity index is 909. The lowest BCUT2D eigenvalue weighted by molar-refractivity contribution is -0.116. The lowest BCUT2D eigenvalue weighted by atomic mass is 9.71. The average Bonchev–Trinajstić information content (AvgIpc) is 3.03. The lowest BCUT2D eigenvalue weighted by Gasteiger charge is -2.34. The summed E-state index contributed by atoms with van der Waals surface area (Å²) in [7, 11) is 3.30. The molecule has 4 rings (SSSR count). The normalized spacial score (nSPS) is 21.5. The topological polar surface area (TPSA) is 47.6 Å². The van der Waals surface area contributed by atoms with Gasteiger partial charge in [0.15, 0.2) is 11.5 Å². The van der Waals surface area contributed by atoms with Crippen molar-refractivity contribution in [1.29, 1.82) is 0 Å². The summed E-state index contributed by atoms with van der Waals surface area (Å²) in [5.74, 6) is 2.29. The van der Waals surface area contributed by atoms with E-state index in [0.717, 1.165) is 23.4 Å². The molecule has 150 valence electrons. The molecule has 1 aliphatic heterocycles. The first kappa shape index (κ1) is 19.3. The third-order valence-corrected chi connectivity index (χ3v) is 7.52. The molecule has 0 unspecified atom stereocenters. The zero-order chi connectivity index (χ0) is 20.1. The fourth-order valence-electron chi connectivity index (χ4n) is 4.63. The average molecular weight is 400 g/mol. The summed E-state index contributed by atoms with van der Waals surface area (Å²) in [6.45, 7) is 7.01. The number of carbonyl (C=O) groups is 1. The molecule has 2 aliphatic rings. The van der Waals surface area contributed by atoms with E-state index < -0.39 is 0 Å². The summed E-state index contributed by atoms with van der Waals surface area (Å²) in [5.41, 5.74) is 4.24. The number of amides is 1. The van der Waals surface area contributed by atoms with Gasteiger partial charge in [-0.2, -0.15) is 0 Å². The highest BCUT2D eigenvalue weighted by atomic mass is 32.1. The molecule has 28 heavy (non-hydrogen) atoms. The standard InChI is InChI=1S/C23H29NO3S/c1-23(2,3)14-7-8-15-19(11-14)28-22-21(15)16(12-20(25)24-22)13-6-9-17(26-4)18(10-13)27-5/h6,9-10,14,16H,7-8,11-12H2,1-5H3,(H,24,25)/t14-,16-/m0/s1. The van der Waals surface area contributed by atoms with E-state index in [9.17, 15) is 4.79 Å². The van der Waals surface area contributed by atoms with E-state index in [1.807, 2.05) is 12.1 Å². The van der Waals surface area contributed by atoms with Crippen molar-refractivity contribution in [3.05, 3.63) is 39.8 Å². The number of carbonyl (C=O) groups excluding carboxylic acids is 1. The van der Waals surface area contributed by atoms with E-state index >= 15 is 0 Å². The number of methoxy groups -OCH3 is 2. The quantitative estimate of drug-likeness (QED) is 0.753. The molecule has 0 saturated carbocycles. The van der Waals surface area contributed by atoms with Gasteiger partial charge in [-0.05, 0) is 59.4 Å². The van der Waals surface area contributed by atoms with Crippen LogP contribution in [0.25, 0.3) is 0 Å². The summed E-state index contributed by atoms with van der Waals surface area (Å²) in [5, 5.41) is 4.20. The predicted octanol–water partition coefficient (Wildman–Crippen LogP) is 5.39. The highest BCUT2D eigenvalue weighted by Crippen LogP contribution is 2.50. The Hall–Kier alpha value is -2.01. The van der Waals surface area contributed by atoms with Crippen molar-refractivity contribution in [2.24, 2.45) is 11.3 Å². The smallest absolute Gasteiger partial charge is 0.225 e. The number of nitrogens with one attached hydrogen (secondary N) is 1. The minimum atomic E-state index is 0.0785. The highest BCUT2D eigenvalue weighted by Gasteiger charge is 2.37. The van der Waals surface area contributed by atoms with Crippen LogP contribution in [0.2, 0.25) is 0 Å². The van der Waals surface area contributed by atoms with Crippen molar-refractivity contribution < 1.29 is 14.3 Å². The van der Waals surface area contributed by atoms with Gasteiger partial charge >= 0.3 is 0 Å². The van der Waals surface area contributed by atoms with E-state index in [0.29, 0.717) is 29.3 Å². The number of thiophene rings is 1. The molecule has 0 bridgehead atoms. The number of benzene rings is 1. The van der Waals surface area contributed by atoms with E-state index in [1.54, 1.807) is 25.6 Å². The molecule has 2 aromatic rings. The Morgan fingerprint density at radius 1 is 1.11 bits per heavy atom. The lowest BCUT2D eigenvalue weighted by Crippen LogP contribution is -2.27. The Morgan fingerprint density at radius 3 is 2.54 bits per heavy atom. The molecule has 0 radical (unpaired) electrons. The van der Waals surface area contributed by atoms with Gasteiger partial charge in [0.25, 0.3) is 0 Å². The molecule has 1 N–H and O–H groups in total. The first-order valence-corrected chi connectivity index (χ1v) is 10.8. The number of hydrogen-bond acceptors (Lipinski definition) is 4. The predicted molar refractivity (Wildman–Crippen MR) is 114 cm³/mol. The van der Waals surface area contributed by atoms with Gasteiger partial charge in [0, 0.05) is 17.2 Å². The van der Waals surface area contributed by atoms with Gasteiger partial charge in [-0.1, -0.05) is 26.8 Å². The molecule has 0 saturated heterocycles. The molecule has 5 heteroatoms. The van der Waals surface area contributed by atoms with Crippen LogP contribution in [0.1, 0.15) is 61.1 Å². The number of fused-ring (bicyclic) bond motifs is 3. The van der Waals surface area contributed by atoms with Crippen LogP contribution in [0.3, 0.4) is 0 Å². The van der Waals surface area contributed by atoms with Crippen LogP contribution in [-0.2, 0) is 17.6 Å². The van der Waals surface area contributed by atoms with E-state index in [2.05, 4.69) is 32.2 Å². The van der Waals surface area contributed by atoms with Crippen molar-refractivity contribution in [2.75, 3.05) is 19.5 Å². The Morgan fingerprint density at radius 2 is 1.86 bits per heavy atom. The van der Waals surface area contributed by atoms with Gasteiger partial charge in [-0.25, -0.2) is 0 Å². The first-order chi connectivity index (χ1) is 13.3. The summed E-state index contributed by atoms with van der Waals surface area (Å²) in [4.78, 5) is 13.9. The molecule has 0 fully saturated rings. The summed E-state index contributed by atoms with van der Waals surface area (Å²) in [6, 6.07) is 6.03. The van der Waals surface area contributed by atoms with Crippen LogP contribution in [0.4, 0.5) is 5.00 Å². The summed E-state index contributed by atoms with van der Waals surface area (Å²) in [6.07, 6.45) is 3.91. The maximum absolute atomic E-state index is 12.5. The molecule has 1 aromatic carbocycles. The Labute approximate surface area is 171 Å². The van der Waals surface area contributed by atoms with Gasteiger partial charge in [0.05, 0.1) is 19.2 Å². The number of hydrogen-bond donors (Lipinski definition) is 1. The second-order valence-corrected chi connectivity index (χ2v) is 10.1. The van der Waals surface area contributed by atoms with Crippen molar-refractivity contribution in [1.82, 2.24) is 0 Å². The summed E-state index contributed by atoms with van der Waals surface area (Å²) >= 11 is 1.79. The monoisotopic (exact) mass is 399 g/mol. The molecule has 1 aromatic heterocycles. The molecule has 4 nitrogen and oxygen atoms in total. The van der Waals surface area contributed by atoms with E-state index in [4.69, 9.17) is 9.47 Å². The van der Waals surface area contributed by atoms with Crippen molar-refractivity contribution in [3.8, 4) is 11.5 Å². The maximum Gasteiger partial charge on any atom is 0.225 e. The van der Waals surface area contributed by atoms with Crippen LogP contribution in [0.15, 0.2) is 18.2 Å². The number of rotatable bonds is 3. The molecule has 1 aliphatic carbocycles. The van der Waals surface area contributed by atoms with E-state index in [-0.39, 0.29) is 11.8 Å². The van der Waals surface area contributed by atoms with Gasteiger partial charge in [-0.3, -0.25) is 4.79 Å². The fraction of sp³-hybridized carbons (Fsp3) is 0.522. The largest absolute Gasteiger partial charge is 0.493 e. The highest BCUT2D eigenvalue weighted by molar-refractivity contribution is 7.16. The third-order valence-electron chi connectivity index (χ3n) is 6.33. The van der Waals surface area contributed by atoms with Crippen molar-refractivity contribution >= 4 is 22.2 Å². The second-order valence-electron chi connectivity index (χ2n) is 8.97. The van der Waals surface area contributed by atoms with E-state index in [1.165, 1.54) is 22.4 Å². The van der Waals surface area contributed by atoms with Gasteiger partial charge in [0.2, 0.25) is 5.91 Å². The van der Waals surface area contributed by atoms with Crippen molar-refractivity contribution in [2.45, 2.75) is 52.4 Å².